The van der Waals surface area contributed by atoms with Crippen LogP contribution in [0.15, 0.2) is 63.6 Å². The molecule has 0 bridgehead atoms. The van der Waals surface area contributed by atoms with Crippen molar-refractivity contribution in [2.24, 2.45) is 0 Å². The number of hydrogen-bond donors (Lipinski definition) is 2. The molecule has 5 nitrogen and oxygen atoms in total. The molecule has 6 heteroatoms. The zero-order chi connectivity index (χ0) is 16.2. The van der Waals surface area contributed by atoms with E-state index in [9.17, 15) is 14.3 Å². The number of amides is 1. The van der Waals surface area contributed by atoms with Crippen molar-refractivity contribution in [3.63, 3.8) is 0 Å². The average Bonchev–Trinajstić information content (AvgIpc) is 3.24. The van der Waals surface area contributed by atoms with Gasteiger partial charge >= 0.3 is 0 Å². The molecule has 0 saturated carbocycles. The van der Waals surface area contributed by atoms with Gasteiger partial charge in [-0.1, -0.05) is 0 Å². The van der Waals surface area contributed by atoms with Crippen molar-refractivity contribution < 1.29 is 23.1 Å². The van der Waals surface area contributed by atoms with E-state index in [2.05, 4.69) is 5.32 Å². The van der Waals surface area contributed by atoms with Gasteiger partial charge in [-0.2, -0.15) is 0 Å². The summed E-state index contributed by atoms with van der Waals surface area (Å²) in [6, 6.07) is 11.6. The number of carbonyl (C=O) groups excluding carboxylic acids is 1. The van der Waals surface area contributed by atoms with E-state index in [-0.39, 0.29) is 18.2 Å². The predicted octanol–water partition coefficient (Wildman–Crippen LogP) is 3.14. The lowest BCUT2D eigenvalue weighted by Gasteiger charge is -2.12. The summed E-state index contributed by atoms with van der Waals surface area (Å²) in [5, 5.41) is 12.0. The smallest absolute Gasteiger partial charge is 0.287 e. The Morgan fingerprint density at radius 3 is 2.61 bits per heavy atom. The van der Waals surface area contributed by atoms with Gasteiger partial charge in [0, 0.05) is 5.56 Å². The molecular formula is C17H14FNO4. The third-order valence-electron chi connectivity index (χ3n) is 3.33. The van der Waals surface area contributed by atoms with Crippen molar-refractivity contribution >= 4 is 5.91 Å². The Bertz CT molecular complexity index is 777. The summed E-state index contributed by atoms with van der Waals surface area (Å²) < 4.78 is 23.6. The minimum atomic E-state index is -0.656. The SMILES string of the molecule is O=C(NC(CO)c1ccco1)c1ccc(-c2ccc(F)cc2)o1. The standard InChI is InChI=1S/C17H14FNO4/c18-12-5-3-11(4-6-12)14-7-8-16(23-14)17(21)19-13(10-20)15-2-1-9-22-15/h1-9,13,20H,10H2,(H,19,21). The van der Waals surface area contributed by atoms with E-state index in [0.29, 0.717) is 17.1 Å². The Labute approximate surface area is 131 Å². The fourth-order valence-corrected chi connectivity index (χ4v) is 2.15. The molecule has 0 aliphatic heterocycles. The summed E-state index contributed by atoms with van der Waals surface area (Å²) in [5.41, 5.74) is 0.662. The maximum atomic E-state index is 12.9. The van der Waals surface area contributed by atoms with Gasteiger partial charge in [0.1, 0.15) is 23.4 Å². The lowest BCUT2D eigenvalue weighted by atomic mass is 10.2. The van der Waals surface area contributed by atoms with E-state index >= 15 is 0 Å². The van der Waals surface area contributed by atoms with Gasteiger partial charge in [0.2, 0.25) is 0 Å². The first-order valence-electron chi connectivity index (χ1n) is 6.98. The third-order valence-corrected chi connectivity index (χ3v) is 3.33. The van der Waals surface area contributed by atoms with Gasteiger partial charge in [-0.25, -0.2) is 4.39 Å². The topological polar surface area (TPSA) is 75.6 Å². The highest BCUT2D eigenvalue weighted by molar-refractivity contribution is 5.92. The van der Waals surface area contributed by atoms with E-state index in [1.54, 1.807) is 30.3 Å². The maximum absolute atomic E-state index is 12.9. The van der Waals surface area contributed by atoms with Crippen LogP contribution in [0, 0.1) is 5.82 Å². The Hall–Kier alpha value is -2.86. The largest absolute Gasteiger partial charge is 0.467 e. The lowest BCUT2D eigenvalue weighted by molar-refractivity contribution is 0.0880. The average molecular weight is 315 g/mol. The number of nitrogens with one attached hydrogen (secondary N) is 1. The number of rotatable bonds is 5. The molecule has 3 rings (SSSR count). The van der Waals surface area contributed by atoms with Crippen molar-refractivity contribution in [2.45, 2.75) is 6.04 Å². The third kappa shape index (κ3) is 3.32. The molecule has 3 aromatic rings. The molecule has 118 valence electrons. The molecule has 1 amide bonds. The molecule has 0 saturated heterocycles. The van der Waals surface area contributed by atoms with Crippen LogP contribution < -0.4 is 5.32 Å². The second-order valence-corrected chi connectivity index (χ2v) is 4.89. The number of aliphatic hydroxyl groups is 1. The summed E-state index contributed by atoms with van der Waals surface area (Å²) in [7, 11) is 0. The second-order valence-electron chi connectivity index (χ2n) is 4.89. The Kier molecular flexibility index (Phi) is 4.25. The summed E-state index contributed by atoms with van der Waals surface area (Å²) in [6.45, 7) is -0.301. The molecule has 2 heterocycles. The van der Waals surface area contributed by atoms with Crippen LogP contribution in [0.1, 0.15) is 22.4 Å². The van der Waals surface area contributed by atoms with E-state index in [1.807, 2.05) is 0 Å². The Morgan fingerprint density at radius 2 is 1.96 bits per heavy atom. The highest BCUT2D eigenvalue weighted by Gasteiger charge is 2.19. The molecule has 1 aromatic carbocycles. The van der Waals surface area contributed by atoms with E-state index < -0.39 is 11.9 Å². The number of benzene rings is 1. The van der Waals surface area contributed by atoms with Gasteiger partial charge in [0.15, 0.2) is 5.76 Å². The second kappa shape index (κ2) is 6.50. The van der Waals surface area contributed by atoms with Gasteiger partial charge in [0.05, 0.1) is 12.9 Å². The predicted molar refractivity (Wildman–Crippen MR) is 80.1 cm³/mol. The van der Waals surface area contributed by atoms with Crippen LogP contribution in [-0.4, -0.2) is 17.6 Å². The monoisotopic (exact) mass is 315 g/mol. The number of halogens is 1. The summed E-state index contributed by atoms with van der Waals surface area (Å²) in [6.07, 6.45) is 1.46. The van der Waals surface area contributed by atoms with Crippen molar-refractivity contribution in [2.75, 3.05) is 6.61 Å². The van der Waals surface area contributed by atoms with E-state index in [0.717, 1.165) is 0 Å². The van der Waals surface area contributed by atoms with Crippen LogP contribution in [0.25, 0.3) is 11.3 Å². The fraction of sp³-hybridized carbons (Fsp3) is 0.118. The first kappa shape index (κ1) is 15.1. The molecule has 1 atom stereocenters. The molecule has 0 fully saturated rings. The molecule has 0 aliphatic carbocycles. The molecule has 1 unspecified atom stereocenters. The van der Waals surface area contributed by atoms with Crippen molar-refractivity contribution in [3.05, 3.63) is 72.1 Å². The van der Waals surface area contributed by atoms with E-state index in [4.69, 9.17) is 8.83 Å². The fourth-order valence-electron chi connectivity index (χ4n) is 2.15. The Balaban J connectivity index is 1.74. The van der Waals surface area contributed by atoms with Gasteiger partial charge in [-0.3, -0.25) is 4.79 Å². The number of carbonyl (C=O) groups is 1. The quantitative estimate of drug-likeness (QED) is 0.758. The molecule has 2 aromatic heterocycles. The van der Waals surface area contributed by atoms with Gasteiger partial charge in [-0.15, -0.1) is 0 Å². The van der Waals surface area contributed by atoms with Crippen LogP contribution in [0.5, 0.6) is 0 Å². The zero-order valence-electron chi connectivity index (χ0n) is 12.0. The minimum Gasteiger partial charge on any atom is -0.467 e. The summed E-state index contributed by atoms with van der Waals surface area (Å²) in [5.74, 6) is 0.172. The lowest BCUT2D eigenvalue weighted by Crippen LogP contribution is -2.30. The molecule has 0 radical (unpaired) electrons. The highest BCUT2D eigenvalue weighted by atomic mass is 19.1. The van der Waals surface area contributed by atoms with Gasteiger partial charge in [0.25, 0.3) is 5.91 Å². The molecule has 2 N–H and O–H groups in total. The number of hydrogen-bond acceptors (Lipinski definition) is 4. The maximum Gasteiger partial charge on any atom is 0.287 e. The highest BCUT2D eigenvalue weighted by Crippen LogP contribution is 2.23. The normalized spacial score (nSPS) is 12.1. The Morgan fingerprint density at radius 1 is 1.17 bits per heavy atom. The first-order chi connectivity index (χ1) is 11.2. The van der Waals surface area contributed by atoms with Crippen molar-refractivity contribution in [1.82, 2.24) is 5.32 Å². The van der Waals surface area contributed by atoms with Gasteiger partial charge in [-0.05, 0) is 48.5 Å². The van der Waals surface area contributed by atoms with Gasteiger partial charge < -0.3 is 19.3 Å². The van der Waals surface area contributed by atoms with Crippen molar-refractivity contribution in [3.8, 4) is 11.3 Å². The minimum absolute atomic E-state index is 0.0920. The number of aliphatic hydroxyl groups excluding tert-OH is 1. The molecule has 0 aliphatic rings. The van der Waals surface area contributed by atoms with Crippen molar-refractivity contribution in [1.29, 1.82) is 0 Å². The zero-order valence-corrected chi connectivity index (χ0v) is 12.0. The molecule has 23 heavy (non-hydrogen) atoms. The van der Waals surface area contributed by atoms with Crippen LogP contribution in [0.3, 0.4) is 0 Å². The molecular weight excluding hydrogens is 301 g/mol. The van der Waals surface area contributed by atoms with Crippen LogP contribution in [0.2, 0.25) is 0 Å². The van der Waals surface area contributed by atoms with Crippen LogP contribution in [-0.2, 0) is 0 Å². The molecule has 0 spiro atoms. The summed E-state index contributed by atoms with van der Waals surface area (Å²) >= 11 is 0. The first-order valence-corrected chi connectivity index (χ1v) is 6.98. The summed E-state index contributed by atoms with van der Waals surface area (Å²) in [4.78, 5) is 12.2. The van der Waals surface area contributed by atoms with Crippen LogP contribution in [0.4, 0.5) is 4.39 Å². The number of furan rings is 2. The van der Waals surface area contributed by atoms with E-state index in [1.165, 1.54) is 24.5 Å². The van der Waals surface area contributed by atoms with Crippen LogP contribution >= 0.6 is 0 Å².